The number of hydrogen-bond acceptors (Lipinski definition) is 3. The molecule has 60 valence electrons. The Bertz CT molecular complexity index is 199. The van der Waals surface area contributed by atoms with E-state index in [9.17, 15) is 0 Å². The molecule has 1 N–H and O–H groups in total. The first-order valence-electron chi connectivity index (χ1n) is 3.44. The minimum Gasteiger partial charge on any atom is -0.241 e. The van der Waals surface area contributed by atoms with Crippen LogP contribution < -0.4 is 4.83 Å². The van der Waals surface area contributed by atoms with E-state index in [0.717, 1.165) is 0 Å². The number of nitrogens with zero attached hydrogens (tertiary/aromatic N) is 1. The lowest BCUT2D eigenvalue weighted by molar-refractivity contribution is 0.385. The van der Waals surface area contributed by atoms with Crippen molar-refractivity contribution in [1.82, 2.24) is 9.84 Å². The van der Waals surface area contributed by atoms with Gasteiger partial charge in [-0.15, -0.1) is 0 Å². The van der Waals surface area contributed by atoms with E-state index in [-0.39, 0.29) is 0 Å². The highest BCUT2D eigenvalue weighted by Gasteiger charge is 1.90. The zero-order valence-corrected chi connectivity index (χ0v) is 7.56. The molecule has 0 aliphatic heterocycles. The molecule has 0 saturated heterocycles. The average molecular weight is 168 g/mol. The van der Waals surface area contributed by atoms with Crippen molar-refractivity contribution in [3.05, 3.63) is 30.3 Å². The van der Waals surface area contributed by atoms with E-state index in [1.807, 2.05) is 37.3 Å². The van der Waals surface area contributed by atoms with Gasteiger partial charge in [0.2, 0.25) is 0 Å². The number of benzene rings is 1. The lowest BCUT2D eigenvalue weighted by Gasteiger charge is -2.09. The van der Waals surface area contributed by atoms with Crippen LogP contribution in [0.4, 0.5) is 0 Å². The number of hydrazine groups is 1. The van der Waals surface area contributed by atoms with Crippen LogP contribution in [0.3, 0.4) is 0 Å². The first kappa shape index (κ1) is 8.59. The smallest absolute Gasteiger partial charge is 0.0240 e. The summed E-state index contributed by atoms with van der Waals surface area (Å²) in [6, 6.07) is 10.2. The van der Waals surface area contributed by atoms with E-state index in [2.05, 4.69) is 17.0 Å². The molecule has 1 rings (SSSR count). The molecule has 0 heterocycles. The second kappa shape index (κ2) is 4.38. The standard InChI is InChI=1S/C8H12N2S/c1-10(2)9-11-8-6-4-3-5-7-8/h3-7,9H,1-2H3. The first-order chi connectivity index (χ1) is 5.29. The molecule has 0 radical (unpaired) electrons. The fourth-order valence-corrected chi connectivity index (χ4v) is 1.21. The predicted octanol–water partition coefficient (Wildman–Crippen LogP) is 1.76. The molecular formula is C8H12N2S. The van der Waals surface area contributed by atoms with Crippen molar-refractivity contribution in [3.8, 4) is 0 Å². The van der Waals surface area contributed by atoms with Crippen LogP contribution >= 0.6 is 11.9 Å². The molecule has 2 nitrogen and oxygen atoms in total. The van der Waals surface area contributed by atoms with Crippen molar-refractivity contribution < 1.29 is 0 Å². The Kier molecular flexibility index (Phi) is 3.42. The fourth-order valence-electron chi connectivity index (χ4n) is 0.633. The monoisotopic (exact) mass is 168 g/mol. The van der Waals surface area contributed by atoms with Gasteiger partial charge in [-0.2, -0.15) is 4.83 Å². The van der Waals surface area contributed by atoms with Crippen molar-refractivity contribution in [2.45, 2.75) is 4.90 Å². The highest BCUT2D eigenvalue weighted by atomic mass is 32.2. The molecule has 0 aliphatic carbocycles. The second-order valence-corrected chi connectivity index (χ2v) is 3.26. The van der Waals surface area contributed by atoms with Gasteiger partial charge >= 0.3 is 0 Å². The van der Waals surface area contributed by atoms with Gasteiger partial charge in [-0.25, -0.2) is 5.01 Å². The zero-order valence-electron chi connectivity index (χ0n) is 6.74. The minimum atomic E-state index is 1.22. The van der Waals surface area contributed by atoms with Gasteiger partial charge in [-0.05, 0) is 24.1 Å². The van der Waals surface area contributed by atoms with Gasteiger partial charge in [-0.3, -0.25) is 0 Å². The third-order valence-corrected chi connectivity index (χ3v) is 2.05. The van der Waals surface area contributed by atoms with E-state index < -0.39 is 0 Å². The quantitative estimate of drug-likeness (QED) is 0.547. The number of hydrogen-bond donors (Lipinski definition) is 1. The summed E-state index contributed by atoms with van der Waals surface area (Å²) >= 11 is 1.60. The van der Waals surface area contributed by atoms with Gasteiger partial charge in [0.05, 0.1) is 0 Å². The predicted molar refractivity (Wildman–Crippen MR) is 49.1 cm³/mol. The van der Waals surface area contributed by atoms with Crippen LogP contribution in [0.15, 0.2) is 35.2 Å². The van der Waals surface area contributed by atoms with Crippen LogP contribution in [0.2, 0.25) is 0 Å². The lowest BCUT2D eigenvalue weighted by atomic mass is 10.4. The maximum Gasteiger partial charge on any atom is 0.0240 e. The summed E-state index contributed by atoms with van der Waals surface area (Å²) in [6.07, 6.45) is 0. The third kappa shape index (κ3) is 3.41. The van der Waals surface area contributed by atoms with Gasteiger partial charge < -0.3 is 0 Å². The summed E-state index contributed by atoms with van der Waals surface area (Å²) in [7, 11) is 3.94. The molecule has 0 amide bonds. The Morgan fingerprint density at radius 2 is 1.82 bits per heavy atom. The van der Waals surface area contributed by atoms with Crippen molar-refractivity contribution in [3.63, 3.8) is 0 Å². The molecule has 1 aromatic rings. The van der Waals surface area contributed by atoms with Crippen LogP contribution in [0.25, 0.3) is 0 Å². The van der Waals surface area contributed by atoms with E-state index >= 15 is 0 Å². The molecule has 0 fully saturated rings. The van der Waals surface area contributed by atoms with Crippen LogP contribution in [0.5, 0.6) is 0 Å². The Balaban J connectivity index is 2.39. The molecule has 0 atom stereocenters. The average Bonchev–Trinajstić information content (AvgIpc) is 2.03. The molecule has 11 heavy (non-hydrogen) atoms. The van der Waals surface area contributed by atoms with Crippen molar-refractivity contribution in [1.29, 1.82) is 0 Å². The molecule has 1 aromatic carbocycles. The minimum absolute atomic E-state index is 1.22. The van der Waals surface area contributed by atoms with Gasteiger partial charge in [-0.1, -0.05) is 18.2 Å². The summed E-state index contributed by atoms with van der Waals surface area (Å²) in [5, 5.41) is 1.91. The summed E-state index contributed by atoms with van der Waals surface area (Å²) in [4.78, 5) is 4.34. The molecule has 0 spiro atoms. The van der Waals surface area contributed by atoms with Gasteiger partial charge in [0, 0.05) is 19.0 Å². The summed E-state index contributed by atoms with van der Waals surface area (Å²) in [5.74, 6) is 0. The van der Waals surface area contributed by atoms with E-state index in [1.165, 1.54) is 4.90 Å². The number of nitrogens with one attached hydrogen (secondary N) is 1. The highest BCUT2D eigenvalue weighted by Crippen LogP contribution is 2.12. The maximum absolute atomic E-state index is 3.11. The van der Waals surface area contributed by atoms with Crippen molar-refractivity contribution in [2.75, 3.05) is 14.1 Å². The molecule has 0 aliphatic rings. The Morgan fingerprint density at radius 3 is 2.36 bits per heavy atom. The molecular weight excluding hydrogens is 156 g/mol. The van der Waals surface area contributed by atoms with Crippen LogP contribution in [0.1, 0.15) is 0 Å². The summed E-state index contributed by atoms with van der Waals surface area (Å²) < 4.78 is 0. The number of rotatable bonds is 3. The molecule has 0 aromatic heterocycles. The Labute approximate surface area is 71.7 Å². The first-order valence-corrected chi connectivity index (χ1v) is 4.25. The van der Waals surface area contributed by atoms with Crippen LogP contribution in [0, 0.1) is 0 Å². The van der Waals surface area contributed by atoms with Crippen molar-refractivity contribution >= 4 is 11.9 Å². The Hall–Kier alpha value is -0.510. The normalized spacial score (nSPS) is 10.5. The topological polar surface area (TPSA) is 15.3 Å². The lowest BCUT2D eigenvalue weighted by Crippen LogP contribution is -2.23. The van der Waals surface area contributed by atoms with Crippen molar-refractivity contribution in [2.24, 2.45) is 0 Å². The van der Waals surface area contributed by atoms with E-state index in [1.54, 1.807) is 11.9 Å². The summed E-state index contributed by atoms with van der Waals surface area (Å²) in [6.45, 7) is 0. The van der Waals surface area contributed by atoms with Crippen LogP contribution in [-0.4, -0.2) is 19.1 Å². The molecule has 3 heteroatoms. The maximum atomic E-state index is 3.11. The second-order valence-electron chi connectivity index (χ2n) is 2.40. The van der Waals surface area contributed by atoms with Gasteiger partial charge in [0.15, 0.2) is 0 Å². The largest absolute Gasteiger partial charge is 0.241 e. The van der Waals surface area contributed by atoms with E-state index in [4.69, 9.17) is 0 Å². The zero-order chi connectivity index (χ0) is 8.10. The Morgan fingerprint density at radius 1 is 1.18 bits per heavy atom. The summed E-state index contributed by atoms with van der Waals surface area (Å²) in [5.41, 5.74) is 0. The fraction of sp³-hybridized carbons (Fsp3) is 0.250. The van der Waals surface area contributed by atoms with Gasteiger partial charge in [0.1, 0.15) is 0 Å². The molecule has 0 unspecified atom stereocenters. The molecule has 0 bridgehead atoms. The molecule has 0 saturated carbocycles. The van der Waals surface area contributed by atoms with E-state index in [0.29, 0.717) is 0 Å². The third-order valence-electron chi connectivity index (χ3n) is 1.09. The van der Waals surface area contributed by atoms with Crippen LogP contribution in [-0.2, 0) is 0 Å². The van der Waals surface area contributed by atoms with Gasteiger partial charge in [0.25, 0.3) is 0 Å². The SMILES string of the molecule is CN(C)NSc1ccccc1. The highest BCUT2D eigenvalue weighted by molar-refractivity contribution is 7.97.